The summed E-state index contributed by atoms with van der Waals surface area (Å²) in [4.78, 5) is 62.6. The van der Waals surface area contributed by atoms with Crippen molar-refractivity contribution in [3.8, 4) is 0 Å². The SMILES string of the molecule is C[C@@H]1[C@@H](c2ccccc2)OC(=O)[C@@H]2[C@H]3C(=O)N([C@@H](CO)Cc4ccccc4)[C@@H]4C(=O)N(c5ccccc5Cl)CC=C[C@]34O[C@@H]2/C=C\CCC(=O)N1C. The van der Waals surface area contributed by atoms with Gasteiger partial charge in [-0.15, -0.1) is 0 Å². The van der Waals surface area contributed by atoms with Crippen LogP contribution in [0.2, 0.25) is 5.02 Å². The van der Waals surface area contributed by atoms with E-state index in [2.05, 4.69) is 0 Å². The number of amides is 3. The van der Waals surface area contributed by atoms with Crippen molar-refractivity contribution in [2.75, 3.05) is 25.1 Å². The first-order chi connectivity index (χ1) is 25.2. The Labute approximate surface area is 308 Å². The predicted octanol–water partition coefficient (Wildman–Crippen LogP) is 4.91. The molecule has 4 aliphatic rings. The number of esters is 1. The van der Waals surface area contributed by atoms with Gasteiger partial charge in [0.15, 0.2) is 0 Å². The molecule has 3 aromatic rings. The highest BCUT2D eigenvalue weighted by Crippen LogP contribution is 2.54. The maximum Gasteiger partial charge on any atom is 0.313 e. The van der Waals surface area contributed by atoms with Crippen molar-refractivity contribution in [2.45, 2.75) is 62.1 Å². The van der Waals surface area contributed by atoms with Gasteiger partial charge >= 0.3 is 5.97 Å². The number of rotatable bonds is 6. The number of halogens is 1. The number of anilines is 1. The van der Waals surface area contributed by atoms with Gasteiger partial charge in [-0.1, -0.05) is 109 Å². The second-order valence-electron chi connectivity index (χ2n) is 13.9. The van der Waals surface area contributed by atoms with Crippen LogP contribution >= 0.6 is 11.6 Å². The Morgan fingerprint density at radius 1 is 0.923 bits per heavy atom. The molecule has 0 aromatic heterocycles. The van der Waals surface area contributed by atoms with Crippen LogP contribution in [0.5, 0.6) is 0 Å². The van der Waals surface area contributed by atoms with Crippen molar-refractivity contribution in [1.82, 2.24) is 9.80 Å². The third-order valence-electron chi connectivity index (χ3n) is 10.9. The van der Waals surface area contributed by atoms with E-state index < -0.39 is 72.2 Å². The summed E-state index contributed by atoms with van der Waals surface area (Å²) in [7, 11) is 1.69. The zero-order valence-electron chi connectivity index (χ0n) is 29.1. The first-order valence-corrected chi connectivity index (χ1v) is 18.1. The lowest BCUT2D eigenvalue weighted by molar-refractivity contribution is -0.164. The molecule has 0 unspecified atom stereocenters. The lowest BCUT2D eigenvalue weighted by Gasteiger charge is -2.38. The molecular weight excluding hydrogens is 682 g/mol. The highest BCUT2D eigenvalue weighted by molar-refractivity contribution is 6.34. The van der Waals surface area contributed by atoms with E-state index in [4.69, 9.17) is 21.1 Å². The number of aliphatic hydroxyl groups excluding tert-OH is 1. The molecule has 2 fully saturated rings. The zero-order chi connectivity index (χ0) is 36.6. The Morgan fingerprint density at radius 2 is 1.62 bits per heavy atom. The van der Waals surface area contributed by atoms with E-state index in [-0.39, 0.29) is 25.3 Å². The molecular formula is C41H42ClN3O7. The second-order valence-corrected chi connectivity index (χ2v) is 14.3. The van der Waals surface area contributed by atoms with E-state index in [1.54, 1.807) is 60.5 Å². The normalized spacial score (nSPS) is 30.4. The van der Waals surface area contributed by atoms with Crippen molar-refractivity contribution in [1.29, 1.82) is 0 Å². The van der Waals surface area contributed by atoms with Gasteiger partial charge in [0.2, 0.25) is 11.8 Å². The van der Waals surface area contributed by atoms with E-state index in [9.17, 15) is 14.7 Å². The molecule has 1 spiro atoms. The van der Waals surface area contributed by atoms with Gasteiger partial charge in [0, 0.05) is 20.0 Å². The number of fused-ring (bicyclic) bond motifs is 2. The Hall–Kier alpha value is -4.77. The molecule has 4 aliphatic heterocycles. The Bertz CT molecular complexity index is 1890. The first kappa shape index (κ1) is 35.6. The van der Waals surface area contributed by atoms with Crippen molar-refractivity contribution in [2.24, 2.45) is 11.8 Å². The van der Waals surface area contributed by atoms with Gasteiger partial charge in [0.05, 0.1) is 41.4 Å². The molecule has 4 heterocycles. The number of benzene rings is 3. The molecule has 0 bridgehead atoms. The summed E-state index contributed by atoms with van der Waals surface area (Å²) in [5.74, 6) is -4.02. The van der Waals surface area contributed by atoms with E-state index in [1.165, 1.54) is 9.80 Å². The molecule has 1 N–H and O–H groups in total. The minimum Gasteiger partial charge on any atom is -0.455 e. The van der Waals surface area contributed by atoms with Crippen molar-refractivity contribution in [3.05, 3.63) is 125 Å². The molecule has 3 amide bonds. The van der Waals surface area contributed by atoms with Gasteiger partial charge in [-0.25, -0.2) is 0 Å². The number of hydrogen-bond acceptors (Lipinski definition) is 7. The van der Waals surface area contributed by atoms with Crippen LogP contribution in [0.4, 0.5) is 5.69 Å². The van der Waals surface area contributed by atoms with Crippen LogP contribution in [0.25, 0.3) is 0 Å². The van der Waals surface area contributed by atoms with Crippen molar-refractivity contribution >= 4 is 41.0 Å². The van der Waals surface area contributed by atoms with Crippen LogP contribution in [0, 0.1) is 11.8 Å². The molecule has 270 valence electrons. The summed E-state index contributed by atoms with van der Waals surface area (Å²) in [5, 5.41) is 11.3. The molecule has 7 rings (SSSR count). The number of hydrogen-bond donors (Lipinski definition) is 1. The van der Waals surface area contributed by atoms with Crippen LogP contribution < -0.4 is 4.90 Å². The molecule has 2 saturated heterocycles. The van der Waals surface area contributed by atoms with E-state index in [0.29, 0.717) is 22.7 Å². The topological polar surface area (TPSA) is 117 Å². The Kier molecular flexibility index (Phi) is 10.1. The maximum absolute atomic E-state index is 15.1. The van der Waals surface area contributed by atoms with Gasteiger partial charge in [-0.05, 0) is 43.0 Å². The van der Waals surface area contributed by atoms with Gasteiger partial charge in [-0.2, -0.15) is 0 Å². The average Bonchev–Trinajstić information content (AvgIpc) is 3.55. The van der Waals surface area contributed by atoms with Crippen molar-refractivity contribution in [3.63, 3.8) is 0 Å². The highest BCUT2D eigenvalue weighted by atomic mass is 35.5. The standard InChI is InChI=1S/C41H42ClN3O7/c1-26-36(28-16-7-4-8-17-28)51-40(50)34-32(20-11-12-21-33(47)43(26)2)52-41-22-13-23-44(31-19-10-9-18-30(31)42)39(49)37(41)45(38(48)35(34)41)29(25-46)24-27-14-5-3-6-15-27/h3-11,13-20,22,26,29,32,34-37,46H,12,21,23-25H2,1-2H3/b20-11-/t26-,29-,32-,34+,35+,36+,37-,41+/m1/s1. The highest BCUT2D eigenvalue weighted by Gasteiger charge is 2.72. The Balaban J connectivity index is 1.36. The monoisotopic (exact) mass is 723 g/mol. The third-order valence-corrected chi connectivity index (χ3v) is 11.2. The smallest absolute Gasteiger partial charge is 0.313 e. The summed E-state index contributed by atoms with van der Waals surface area (Å²) in [6.45, 7) is 1.53. The first-order valence-electron chi connectivity index (χ1n) is 17.7. The van der Waals surface area contributed by atoms with Gasteiger partial charge in [0.25, 0.3) is 5.91 Å². The summed E-state index contributed by atoms with van der Waals surface area (Å²) in [5.41, 5.74) is 0.437. The molecule has 52 heavy (non-hydrogen) atoms. The number of ether oxygens (including phenoxy) is 2. The van der Waals surface area contributed by atoms with E-state index in [1.807, 2.05) is 67.6 Å². The zero-order valence-corrected chi connectivity index (χ0v) is 29.8. The van der Waals surface area contributed by atoms with E-state index in [0.717, 1.165) is 5.56 Å². The molecule has 3 aromatic carbocycles. The molecule has 0 aliphatic carbocycles. The number of likely N-dealkylation sites (tertiary alicyclic amines) is 1. The lowest BCUT2D eigenvalue weighted by atomic mass is 9.77. The number of carbonyl (C=O) groups is 4. The van der Waals surface area contributed by atoms with Crippen LogP contribution in [0.1, 0.15) is 37.0 Å². The van der Waals surface area contributed by atoms with E-state index >= 15 is 9.59 Å². The summed E-state index contributed by atoms with van der Waals surface area (Å²) in [6.07, 6.45) is 6.09. The fourth-order valence-corrected chi connectivity index (χ4v) is 8.48. The van der Waals surface area contributed by atoms with Gasteiger partial charge in [-0.3, -0.25) is 19.2 Å². The van der Waals surface area contributed by atoms with Gasteiger partial charge < -0.3 is 29.3 Å². The predicted molar refractivity (Wildman–Crippen MR) is 195 cm³/mol. The fourth-order valence-electron chi connectivity index (χ4n) is 8.24. The molecule has 8 atom stereocenters. The van der Waals surface area contributed by atoms with Crippen LogP contribution in [-0.4, -0.2) is 88.6 Å². The summed E-state index contributed by atoms with van der Waals surface area (Å²) >= 11 is 6.63. The number of carbonyl (C=O) groups excluding carboxylic acids is 4. The molecule has 0 radical (unpaired) electrons. The second kappa shape index (κ2) is 14.7. The fraction of sp³-hybridized carbons (Fsp3) is 0.366. The summed E-state index contributed by atoms with van der Waals surface area (Å²) in [6, 6.07) is 23.0. The Morgan fingerprint density at radius 3 is 2.33 bits per heavy atom. The maximum atomic E-state index is 15.1. The average molecular weight is 724 g/mol. The molecule has 11 heteroatoms. The van der Waals surface area contributed by atoms with Crippen LogP contribution in [-0.2, 0) is 35.1 Å². The molecule has 10 nitrogen and oxygen atoms in total. The summed E-state index contributed by atoms with van der Waals surface area (Å²) < 4.78 is 13.3. The number of likely N-dealkylation sites (N-methyl/N-ethyl adjacent to an activating group) is 1. The largest absolute Gasteiger partial charge is 0.455 e. The minimum atomic E-state index is -1.59. The number of cyclic esters (lactones) is 1. The quantitative estimate of drug-likeness (QED) is 0.284. The number of para-hydroxylation sites is 1. The van der Waals surface area contributed by atoms with Gasteiger partial charge in [0.1, 0.15) is 23.7 Å². The number of aliphatic hydroxyl groups is 1. The van der Waals surface area contributed by atoms with Crippen LogP contribution in [0.3, 0.4) is 0 Å². The van der Waals surface area contributed by atoms with Crippen LogP contribution in [0.15, 0.2) is 109 Å². The minimum absolute atomic E-state index is 0.106. The lowest BCUT2D eigenvalue weighted by Crippen LogP contribution is -2.58. The number of nitrogens with zero attached hydrogens (tertiary/aromatic N) is 3. The number of allylic oxidation sites excluding steroid dienone is 1. The van der Waals surface area contributed by atoms with Crippen molar-refractivity contribution < 1.29 is 33.8 Å². The molecule has 0 saturated carbocycles. The third kappa shape index (κ3) is 6.22.